The van der Waals surface area contributed by atoms with Crippen LogP contribution in [0.25, 0.3) is 0 Å². The van der Waals surface area contributed by atoms with E-state index in [1.807, 2.05) is 55.5 Å². The minimum Gasteiger partial charge on any atom is -0.494 e. The second kappa shape index (κ2) is 12.1. The maximum Gasteiger partial charge on any atom is 0.242 e. The summed E-state index contributed by atoms with van der Waals surface area (Å²) in [4.78, 5) is 27.6. The van der Waals surface area contributed by atoms with Gasteiger partial charge in [0.05, 0.1) is 6.61 Å². The molecule has 1 fully saturated rings. The summed E-state index contributed by atoms with van der Waals surface area (Å²) in [6.07, 6.45) is 6.11. The van der Waals surface area contributed by atoms with E-state index in [9.17, 15) is 9.59 Å². The number of rotatable bonds is 11. The van der Waals surface area contributed by atoms with Crippen molar-refractivity contribution in [2.24, 2.45) is 0 Å². The Labute approximate surface area is 185 Å². The van der Waals surface area contributed by atoms with Crippen molar-refractivity contribution in [3.63, 3.8) is 0 Å². The van der Waals surface area contributed by atoms with Crippen LogP contribution >= 0.6 is 0 Å². The summed E-state index contributed by atoms with van der Waals surface area (Å²) in [6.45, 7) is 2.85. The SMILES string of the molecule is C[C@H](C(=O)NC1CCCC1)N(CCc1ccccc1)C(=O)CCCOc1ccccc1. The van der Waals surface area contributed by atoms with E-state index >= 15 is 0 Å². The van der Waals surface area contributed by atoms with Gasteiger partial charge in [0.25, 0.3) is 0 Å². The fourth-order valence-corrected chi connectivity index (χ4v) is 4.04. The van der Waals surface area contributed by atoms with Crippen molar-refractivity contribution in [2.75, 3.05) is 13.2 Å². The van der Waals surface area contributed by atoms with Gasteiger partial charge in [-0.15, -0.1) is 0 Å². The van der Waals surface area contributed by atoms with E-state index in [-0.39, 0.29) is 17.9 Å². The van der Waals surface area contributed by atoms with Crippen molar-refractivity contribution in [1.82, 2.24) is 10.2 Å². The molecule has 1 saturated carbocycles. The molecule has 166 valence electrons. The molecule has 1 N–H and O–H groups in total. The summed E-state index contributed by atoms with van der Waals surface area (Å²) < 4.78 is 5.71. The lowest BCUT2D eigenvalue weighted by Gasteiger charge is -2.30. The second-order valence-electron chi connectivity index (χ2n) is 8.25. The first-order chi connectivity index (χ1) is 15.1. The Hall–Kier alpha value is -2.82. The molecule has 0 aliphatic heterocycles. The van der Waals surface area contributed by atoms with E-state index in [1.54, 1.807) is 4.90 Å². The number of para-hydroxylation sites is 1. The zero-order valence-corrected chi connectivity index (χ0v) is 18.5. The van der Waals surface area contributed by atoms with Crippen molar-refractivity contribution >= 4 is 11.8 Å². The summed E-state index contributed by atoms with van der Waals surface area (Å²) in [5, 5.41) is 3.14. The van der Waals surface area contributed by atoms with Gasteiger partial charge in [-0.1, -0.05) is 61.4 Å². The molecule has 1 atom stereocenters. The summed E-state index contributed by atoms with van der Waals surface area (Å²) in [5.74, 6) is 0.760. The minimum absolute atomic E-state index is 0.00154. The van der Waals surface area contributed by atoms with Crippen molar-refractivity contribution in [2.45, 2.75) is 64.0 Å². The molecule has 0 aromatic heterocycles. The number of carbonyl (C=O) groups is 2. The third kappa shape index (κ3) is 7.42. The van der Waals surface area contributed by atoms with Crippen LogP contribution in [0.15, 0.2) is 60.7 Å². The van der Waals surface area contributed by atoms with Gasteiger partial charge in [0.15, 0.2) is 0 Å². The number of hydrogen-bond donors (Lipinski definition) is 1. The first-order valence-electron chi connectivity index (χ1n) is 11.4. The maximum atomic E-state index is 13.0. The van der Waals surface area contributed by atoms with E-state index in [4.69, 9.17) is 4.74 Å². The van der Waals surface area contributed by atoms with Gasteiger partial charge in [-0.2, -0.15) is 0 Å². The molecule has 1 aliphatic carbocycles. The Balaban J connectivity index is 1.55. The molecule has 5 nitrogen and oxygen atoms in total. The van der Waals surface area contributed by atoms with Crippen molar-refractivity contribution in [3.05, 3.63) is 66.2 Å². The average molecular weight is 423 g/mol. The maximum absolute atomic E-state index is 13.0. The molecule has 0 unspecified atom stereocenters. The molecule has 3 rings (SSSR count). The van der Waals surface area contributed by atoms with Gasteiger partial charge < -0.3 is 15.0 Å². The summed E-state index contributed by atoms with van der Waals surface area (Å²) in [7, 11) is 0. The topological polar surface area (TPSA) is 58.6 Å². The van der Waals surface area contributed by atoms with Gasteiger partial charge in [0, 0.05) is 19.0 Å². The first kappa shape index (κ1) is 22.9. The normalized spacial score (nSPS) is 14.7. The fraction of sp³-hybridized carbons (Fsp3) is 0.462. The average Bonchev–Trinajstić information content (AvgIpc) is 3.31. The van der Waals surface area contributed by atoms with Crippen LogP contribution in [0.1, 0.15) is 51.0 Å². The Bertz CT molecular complexity index is 804. The van der Waals surface area contributed by atoms with E-state index in [1.165, 1.54) is 0 Å². The highest BCUT2D eigenvalue weighted by atomic mass is 16.5. The van der Waals surface area contributed by atoms with Crippen LogP contribution in [0.4, 0.5) is 0 Å². The lowest BCUT2D eigenvalue weighted by atomic mass is 10.1. The number of nitrogens with zero attached hydrogens (tertiary/aromatic N) is 1. The molecule has 0 saturated heterocycles. The molecular formula is C26H34N2O3. The van der Waals surface area contributed by atoms with Crippen molar-refractivity contribution < 1.29 is 14.3 Å². The monoisotopic (exact) mass is 422 g/mol. The second-order valence-corrected chi connectivity index (χ2v) is 8.25. The smallest absolute Gasteiger partial charge is 0.242 e. The molecule has 2 aromatic carbocycles. The zero-order valence-electron chi connectivity index (χ0n) is 18.5. The number of amides is 2. The van der Waals surface area contributed by atoms with Crippen LogP contribution in [0, 0.1) is 0 Å². The van der Waals surface area contributed by atoms with Gasteiger partial charge in [-0.3, -0.25) is 9.59 Å². The van der Waals surface area contributed by atoms with Gasteiger partial charge in [0.2, 0.25) is 11.8 Å². The molecular weight excluding hydrogens is 388 g/mol. The van der Waals surface area contributed by atoms with Crippen LogP contribution in [0.3, 0.4) is 0 Å². The van der Waals surface area contributed by atoms with Crippen LogP contribution < -0.4 is 10.1 Å². The van der Waals surface area contributed by atoms with Gasteiger partial charge in [-0.05, 0) is 50.3 Å². The third-order valence-corrected chi connectivity index (χ3v) is 5.90. The number of carbonyl (C=O) groups excluding carboxylic acids is 2. The summed E-state index contributed by atoms with van der Waals surface area (Å²) in [6, 6.07) is 19.5. The molecule has 2 amide bonds. The zero-order chi connectivity index (χ0) is 21.9. The minimum atomic E-state index is -0.480. The standard InChI is InChI=1S/C26H34N2O3/c1-21(26(30)27-23-13-8-9-14-23)28(19-18-22-11-4-2-5-12-22)25(29)17-10-20-31-24-15-6-3-7-16-24/h2-7,11-12,15-16,21,23H,8-10,13-14,17-20H2,1H3,(H,27,30)/t21-/m1/s1. The lowest BCUT2D eigenvalue weighted by molar-refractivity contribution is -0.140. The van der Waals surface area contributed by atoms with E-state index in [2.05, 4.69) is 17.4 Å². The summed E-state index contributed by atoms with van der Waals surface area (Å²) >= 11 is 0. The highest BCUT2D eigenvalue weighted by molar-refractivity contribution is 5.87. The van der Waals surface area contributed by atoms with Crippen LogP contribution in [0.5, 0.6) is 5.75 Å². The molecule has 0 heterocycles. The first-order valence-corrected chi connectivity index (χ1v) is 11.4. The van der Waals surface area contributed by atoms with Crippen LogP contribution in [0.2, 0.25) is 0 Å². The predicted octanol–water partition coefficient (Wildman–Crippen LogP) is 4.36. The van der Waals surface area contributed by atoms with Crippen LogP contribution in [-0.4, -0.2) is 41.9 Å². The van der Waals surface area contributed by atoms with Gasteiger partial charge in [-0.25, -0.2) is 0 Å². The lowest BCUT2D eigenvalue weighted by Crippen LogP contribution is -2.50. The largest absolute Gasteiger partial charge is 0.494 e. The molecule has 0 spiro atoms. The summed E-state index contributed by atoms with van der Waals surface area (Å²) in [5.41, 5.74) is 1.16. The van der Waals surface area contributed by atoms with E-state index < -0.39 is 6.04 Å². The Morgan fingerprint density at radius 2 is 1.68 bits per heavy atom. The Kier molecular flexibility index (Phi) is 8.95. The van der Waals surface area contributed by atoms with E-state index in [0.717, 1.165) is 43.4 Å². The van der Waals surface area contributed by atoms with Gasteiger partial charge in [0.1, 0.15) is 11.8 Å². The number of nitrogens with one attached hydrogen (secondary N) is 1. The molecule has 31 heavy (non-hydrogen) atoms. The highest BCUT2D eigenvalue weighted by Crippen LogP contribution is 2.18. The van der Waals surface area contributed by atoms with Crippen molar-refractivity contribution in [1.29, 1.82) is 0 Å². The quantitative estimate of drug-likeness (QED) is 0.547. The Morgan fingerprint density at radius 3 is 2.35 bits per heavy atom. The molecule has 5 heteroatoms. The molecule has 2 aromatic rings. The van der Waals surface area contributed by atoms with Gasteiger partial charge >= 0.3 is 0 Å². The van der Waals surface area contributed by atoms with Crippen LogP contribution in [-0.2, 0) is 16.0 Å². The molecule has 0 bridgehead atoms. The third-order valence-electron chi connectivity index (χ3n) is 5.90. The number of hydrogen-bond acceptors (Lipinski definition) is 3. The highest BCUT2D eigenvalue weighted by Gasteiger charge is 2.27. The predicted molar refractivity (Wildman–Crippen MR) is 123 cm³/mol. The van der Waals surface area contributed by atoms with Crippen molar-refractivity contribution in [3.8, 4) is 5.75 Å². The fourth-order valence-electron chi connectivity index (χ4n) is 4.04. The van der Waals surface area contributed by atoms with E-state index in [0.29, 0.717) is 26.0 Å². The molecule has 0 radical (unpaired) electrons. The number of ether oxygens (including phenoxy) is 1. The number of benzene rings is 2. The molecule has 1 aliphatic rings. The Morgan fingerprint density at radius 1 is 1.03 bits per heavy atom.